The van der Waals surface area contributed by atoms with Crippen LogP contribution in [0.3, 0.4) is 0 Å². The summed E-state index contributed by atoms with van der Waals surface area (Å²) in [5.74, 6) is -0.0317. The van der Waals surface area contributed by atoms with E-state index in [0.717, 1.165) is 19.3 Å². The molecule has 100 valence electrons. The Balaban J connectivity index is 1.81. The molecule has 4 nitrogen and oxygen atoms in total. The fraction of sp³-hybridized carbons (Fsp3) is 0.400. The minimum Gasteiger partial charge on any atom is -0.375 e. The molecule has 2 N–H and O–H groups in total. The van der Waals surface area contributed by atoms with Crippen LogP contribution in [0.4, 0.5) is 0 Å². The Morgan fingerprint density at radius 1 is 1.47 bits per heavy atom. The Kier molecular flexibility index (Phi) is 3.25. The molecule has 1 aliphatic rings. The number of carbonyl (C=O) groups excluding carboxylic acids is 1. The minimum absolute atomic E-state index is 0.0317. The van der Waals surface area contributed by atoms with Crippen molar-refractivity contribution in [2.45, 2.75) is 25.3 Å². The molecule has 0 bridgehead atoms. The normalized spacial score (nSPS) is 18.3. The van der Waals surface area contributed by atoms with Crippen LogP contribution in [-0.4, -0.2) is 30.6 Å². The average molecular weight is 258 g/mol. The fourth-order valence-corrected chi connectivity index (χ4v) is 2.89. The molecule has 0 fully saturated rings. The highest BCUT2D eigenvalue weighted by Crippen LogP contribution is 2.28. The molecule has 1 aromatic heterocycles. The number of carbonyl (C=O) groups is 1. The Morgan fingerprint density at radius 2 is 2.32 bits per heavy atom. The number of ether oxygens (including phenoxy) is 1. The van der Waals surface area contributed by atoms with E-state index in [1.165, 1.54) is 29.3 Å². The standard InChI is InChI=1S/C15H18N2O2/c1-19-9-15(18)16-10-6-7-14-12(8-10)11-4-2-3-5-13(11)17-14/h2-5,10,17H,6-9H2,1H3,(H,16,18). The third kappa shape index (κ3) is 2.36. The number of hydrogen-bond donors (Lipinski definition) is 2. The van der Waals surface area contributed by atoms with E-state index >= 15 is 0 Å². The molecule has 3 rings (SSSR count). The highest BCUT2D eigenvalue weighted by molar-refractivity contribution is 5.85. The largest absolute Gasteiger partial charge is 0.375 e. The summed E-state index contributed by atoms with van der Waals surface area (Å²) in [6, 6.07) is 8.57. The predicted octanol–water partition coefficient (Wildman–Crippen LogP) is 1.79. The smallest absolute Gasteiger partial charge is 0.246 e. The van der Waals surface area contributed by atoms with Gasteiger partial charge in [0.15, 0.2) is 0 Å². The summed E-state index contributed by atoms with van der Waals surface area (Å²) in [7, 11) is 1.54. The summed E-state index contributed by atoms with van der Waals surface area (Å²) < 4.78 is 4.85. The maximum atomic E-state index is 11.6. The van der Waals surface area contributed by atoms with Crippen LogP contribution in [0.25, 0.3) is 10.9 Å². The predicted molar refractivity (Wildman–Crippen MR) is 74.1 cm³/mol. The van der Waals surface area contributed by atoms with Crippen molar-refractivity contribution in [2.24, 2.45) is 0 Å². The zero-order valence-electron chi connectivity index (χ0n) is 11.0. The van der Waals surface area contributed by atoms with E-state index in [-0.39, 0.29) is 18.6 Å². The van der Waals surface area contributed by atoms with Crippen LogP contribution < -0.4 is 5.32 Å². The first-order valence-corrected chi connectivity index (χ1v) is 6.64. The molecular formula is C15H18N2O2. The molecule has 1 unspecified atom stereocenters. The van der Waals surface area contributed by atoms with Gasteiger partial charge in [-0.05, 0) is 30.9 Å². The van der Waals surface area contributed by atoms with Crippen molar-refractivity contribution in [1.29, 1.82) is 0 Å². The van der Waals surface area contributed by atoms with Gasteiger partial charge < -0.3 is 15.0 Å². The van der Waals surface area contributed by atoms with Gasteiger partial charge in [0.1, 0.15) is 6.61 Å². The average Bonchev–Trinajstić information content (AvgIpc) is 2.77. The Labute approximate surface area is 112 Å². The molecule has 0 spiro atoms. The first-order chi connectivity index (χ1) is 9.28. The molecule has 2 aromatic rings. The second kappa shape index (κ2) is 5.05. The minimum atomic E-state index is -0.0317. The number of para-hydroxylation sites is 1. The first kappa shape index (κ1) is 12.2. The van der Waals surface area contributed by atoms with Crippen LogP contribution >= 0.6 is 0 Å². The van der Waals surface area contributed by atoms with Crippen LogP contribution in [0.2, 0.25) is 0 Å². The second-order valence-corrected chi connectivity index (χ2v) is 5.07. The van der Waals surface area contributed by atoms with Crippen molar-refractivity contribution >= 4 is 16.8 Å². The summed E-state index contributed by atoms with van der Waals surface area (Å²) in [4.78, 5) is 15.1. The monoisotopic (exact) mass is 258 g/mol. The maximum Gasteiger partial charge on any atom is 0.246 e. The molecule has 0 saturated carbocycles. The lowest BCUT2D eigenvalue weighted by atomic mass is 9.91. The number of amides is 1. The zero-order chi connectivity index (χ0) is 13.2. The molecule has 19 heavy (non-hydrogen) atoms. The molecule has 1 heterocycles. The molecule has 1 amide bonds. The third-order valence-corrected chi connectivity index (χ3v) is 3.74. The van der Waals surface area contributed by atoms with E-state index < -0.39 is 0 Å². The molecule has 4 heteroatoms. The lowest BCUT2D eigenvalue weighted by Crippen LogP contribution is -2.40. The highest BCUT2D eigenvalue weighted by Gasteiger charge is 2.23. The SMILES string of the molecule is COCC(=O)NC1CCc2[nH]c3ccccc3c2C1. The van der Waals surface area contributed by atoms with Gasteiger partial charge in [0.05, 0.1) is 0 Å². The molecular weight excluding hydrogens is 240 g/mol. The van der Waals surface area contributed by atoms with E-state index in [2.05, 4.69) is 28.5 Å². The topological polar surface area (TPSA) is 54.1 Å². The summed E-state index contributed by atoms with van der Waals surface area (Å²) in [6.45, 7) is 0.136. The van der Waals surface area contributed by atoms with Gasteiger partial charge in [-0.15, -0.1) is 0 Å². The molecule has 0 aliphatic heterocycles. The number of aromatic nitrogens is 1. The molecule has 1 aliphatic carbocycles. The highest BCUT2D eigenvalue weighted by atomic mass is 16.5. The van der Waals surface area contributed by atoms with Crippen LogP contribution in [0.15, 0.2) is 24.3 Å². The second-order valence-electron chi connectivity index (χ2n) is 5.07. The fourth-order valence-electron chi connectivity index (χ4n) is 2.89. The molecule has 1 aromatic carbocycles. The van der Waals surface area contributed by atoms with Crippen LogP contribution in [0, 0.1) is 0 Å². The number of aromatic amines is 1. The number of aryl methyl sites for hydroxylation is 1. The Hall–Kier alpha value is -1.81. The quantitative estimate of drug-likeness (QED) is 0.882. The van der Waals surface area contributed by atoms with E-state index in [4.69, 9.17) is 4.74 Å². The van der Waals surface area contributed by atoms with Gasteiger partial charge in [0.2, 0.25) is 5.91 Å². The van der Waals surface area contributed by atoms with Gasteiger partial charge in [-0.1, -0.05) is 18.2 Å². The molecule has 1 atom stereocenters. The number of H-pyrrole nitrogens is 1. The molecule has 0 saturated heterocycles. The summed E-state index contributed by atoms with van der Waals surface area (Å²) >= 11 is 0. The number of nitrogens with one attached hydrogen (secondary N) is 2. The number of rotatable bonds is 3. The van der Waals surface area contributed by atoms with Gasteiger partial charge >= 0.3 is 0 Å². The Morgan fingerprint density at radius 3 is 3.16 bits per heavy atom. The Bertz CT molecular complexity index is 603. The number of methoxy groups -OCH3 is 1. The van der Waals surface area contributed by atoms with E-state index in [1.54, 1.807) is 0 Å². The van der Waals surface area contributed by atoms with E-state index in [0.29, 0.717) is 0 Å². The van der Waals surface area contributed by atoms with E-state index in [1.807, 2.05) is 6.07 Å². The summed E-state index contributed by atoms with van der Waals surface area (Å²) in [5, 5.41) is 4.32. The van der Waals surface area contributed by atoms with Crippen LogP contribution in [0.5, 0.6) is 0 Å². The van der Waals surface area contributed by atoms with Crippen molar-refractivity contribution in [3.8, 4) is 0 Å². The van der Waals surface area contributed by atoms with Crippen molar-refractivity contribution in [2.75, 3.05) is 13.7 Å². The summed E-state index contributed by atoms with van der Waals surface area (Å²) in [6.07, 6.45) is 2.87. The van der Waals surface area contributed by atoms with Crippen LogP contribution in [0.1, 0.15) is 17.7 Å². The van der Waals surface area contributed by atoms with Crippen molar-refractivity contribution < 1.29 is 9.53 Å². The lowest BCUT2D eigenvalue weighted by Gasteiger charge is -2.23. The van der Waals surface area contributed by atoms with Crippen molar-refractivity contribution in [3.05, 3.63) is 35.5 Å². The number of hydrogen-bond acceptors (Lipinski definition) is 2. The summed E-state index contributed by atoms with van der Waals surface area (Å²) in [5.41, 5.74) is 3.86. The van der Waals surface area contributed by atoms with Gasteiger partial charge in [-0.2, -0.15) is 0 Å². The molecule has 0 radical (unpaired) electrons. The van der Waals surface area contributed by atoms with Gasteiger partial charge in [-0.3, -0.25) is 4.79 Å². The van der Waals surface area contributed by atoms with Gasteiger partial charge in [-0.25, -0.2) is 0 Å². The van der Waals surface area contributed by atoms with E-state index in [9.17, 15) is 4.79 Å². The number of fused-ring (bicyclic) bond motifs is 3. The van der Waals surface area contributed by atoms with Crippen molar-refractivity contribution in [3.63, 3.8) is 0 Å². The lowest BCUT2D eigenvalue weighted by molar-refractivity contribution is -0.125. The van der Waals surface area contributed by atoms with Crippen LogP contribution in [-0.2, 0) is 22.4 Å². The zero-order valence-corrected chi connectivity index (χ0v) is 11.0. The first-order valence-electron chi connectivity index (χ1n) is 6.64. The van der Waals surface area contributed by atoms with Gasteiger partial charge in [0.25, 0.3) is 0 Å². The maximum absolute atomic E-state index is 11.6. The number of benzene rings is 1. The third-order valence-electron chi connectivity index (χ3n) is 3.74. The van der Waals surface area contributed by atoms with Gasteiger partial charge in [0, 0.05) is 29.7 Å². The van der Waals surface area contributed by atoms with Crippen molar-refractivity contribution in [1.82, 2.24) is 10.3 Å².